The van der Waals surface area contributed by atoms with Gasteiger partial charge in [0.05, 0.1) is 22.2 Å². The van der Waals surface area contributed by atoms with Gasteiger partial charge in [-0.05, 0) is 54.6 Å². The fraction of sp³-hybridized carbons (Fsp3) is 0. The van der Waals surface area contributed by atoms with Crippen LogP contribution in [0.15, 0.2) is 121 Å². The van der Waals surface area contributed by atoms with E-state index in [0.29, 0.717) is 5.82 Å². The molecule has 172 valence electrons. The Bertz CT molecular complexity index is 1850. The number of para-hydroxylation sites is 3. The van der Waals surface area contributed by atoms with Crippen LogP contribution in [0.1, 0.15) is 0 Å². The van der Waals surface area contributed by atoms with E-state index in [-0.39, 0.29) is 0 Å². The largest absolute Gasteiger partial charge is 0.383 e. The van der Waals surface area contributed by atoms with Crippen LogP contribution in [-0.2, 0) is 0 Å². The first-order valence-corrected chi connectivity index (χ1v) is 12.0. The summed E-state index contributed by atoms with van der Waals surface area (Å²) >= 11 is 0. The molecule has 7 rings (SSSR count). The maximum atomic E-state index is 6.93. The van der Waals surface area contributed by atoms with Gasteiger partial charge in [-0.25, -0.2) is 4.98 Å². The fourth-order valence-electron chi connectivity index (χ4n) is 5.22. The molecule has 0 saturated carbocycles. The standard InChI is InChI=1S/C31H23N5/c32-31-29(34-21-11-3-1-4-12-21)24-18-19-26-28(30(24)35(31)22-13-5-2-6-14-22)23-15-7-8-16-25(23)36(26)27-17-9-10-20-33-27/h1-20,34H,32H2. The molecule has 5 nitrogen and oxygen atoms in total. The maximum absolute atomic E-state index is 6.93. The normalized spacial score (nSPS) is 11.4. The number of rotatable bonds is 4. The van der Waals surface area contributed by atoms with Crippen molar-refractivity contribution in [3.05, 3.63) is 121 Å². The monoisotopic (exact) mass is 465 g/mol. The molecule has 0 bridgehead atoms. The molecule has 0 unspecified atom stereocenters. The van der Waals surface area contributed by atoms with Gasteiger partial charge in [0.15, 0.2) is 0 Å². The van der Waals surface area contributed by atoms with Crippen LogP contribution in [0.5, 0.6) is 0 Å². The fourth-order valence-corrected chi connectivity index (χ4v) is 5.22. The Labute approximate surface area is 208 Å². The Morgan fingerprint density at radius 2 is 1.33 bits per heavy atom. The van der Waals surface area contributed by atoms with E-state index in [9.17, 15) is 0 Å². The minimum Gasteiger partial charge on any atom is -0.383 e. The van der Waals surface area contributed by atoms with Crippen molar-refractivity contribution in [3.63, 3.8) is 0 Å². The summed E-state index contributed by atoms with van der Waals surface area (Å²) in [5, 5.41) is 6.96. The van der Waals surface area contributed by atoms with Crippen LogP contribution in [0.2, 0.25) is 0 Å². The molecule has 0 radical (unpaired) electrons. The molecule has 0 fully saturated rings. The van der Waals surface area contributed by atoms with Gasteiger partial charge in [0.25, 0.3) is 0 Å². The molecule has 0 saturated heterocycles. The van der Waals surface area contributed by atoms with Crippen LogP contribution in [0.4, 0.5) is 17.2 Å². The number of nitrogens with zero attached hydrogens (tertiary/aromatic N) is 3. The van der Waals surface area contributed by atoms with Gasteiger partial charge in [0.1, 0.15) is 11.6 Å². The summed E-state index contributed by atoms with van der Waals surface area (Å²) in [4.78, 5) is 4.68. The van der Waals surface area contributed by atoms with Crippen molar-refractivity contribution < 1.29 is 0 Å². The Morgan fingerprint density at radius 1 is 0.611 bits per heavy atom. The van der Waals surface area contributed by atoms with Crippen LogP contribution >= 0.6 is 0 Å². The number of pyridine rings is 1. The third kappa shape index (κ3) is 3.00. The first kappa shape index (κ1) is 20.4. The van der Waals surface area contributed by atoms with E-state index in [0.717, 1.165) is 55.6 Å². The molecule has 3 N–H and O–H groups in total. The molecule has 0 aliphatic carbocycles. The Balaban J connectivity index is 1.65. The minimum absolute atomic E-state index is 0.669. The summed E-state index contributed by atoms with van der Waals surface area (Å²) in [5.74, 6) is 1.55. The number of anilines is 3. The molecule has 4 aromatic carbocycles. The SMILES string of the molecule is Nc1c(Nc2ccccc2)c2ccc3c(c4ccccc4n3-c3ccccn3)c2n1-c1ccccc1. The summed E-state index contributed by atoms with van der Waals surface area (Å²) in [7, 11) is 0. The highest BCUT2D eigenvalue weighted by atomic mass is 15.1. The maximum Gasteiger partial charge on any atom is 0.137 e. The van der Waals surface area contributed by atoms with E-state index < -0.39 is 0 Å². The van der Waals surface area contributed by atoms with E-state index in [2.05, 4.69) is 80.1 Å². The van der Waals surface area contributed by atoms with Crippen molar-refractivity contribution >= 4 is 49.9 Å². The third-order valence-corrected chi connectivity index (χ3v) is 6.74. The average Bonchev–Trinajstić information content (AvgIpc) is 3.42. The number of hydrogen-bond acceptors (Lipinski definition) is 3. The number of fused-ring (bicyclic) bond motifs is 5. The van der Waals surface area contributed by atoms with Crippen molar-refractivity contribution in [2.45, 2.75) is 0 Å². The van der Waals surface area contributed by atoms with Gasteiger partial charge in [0, 0.05) is 33.7 Å². The van der Waals surface area contributed by atoms with Crippen LogP contribution in [0.25, 0.3) is 44.2 Å². The topological polar surface area (TPSA) is 60.8 Å². The summed E-state index contributed by atoms with van der Waals surface area (Å²) in [6.07, 6.45) is 1.83. The Morgan fingerprint density at radius 3 is 2.11 bits per heavy atom. The number of nitrogens with one attached hydrogen (secondary N) is 1. The van der Waals surface area contributed by atoms with Crippen molar-refractivity contribution in [3.8, 4) is 11.5 Å². The van der Waals surface area contributed by atoms with E-state index in [1.807, 2.05) is 60.8 Å². The van der Waals surface area contributed by atoms with Crippen molar-refractivity contribution in [2.75, 3.05) is 11.1 Å². The van der Waals surface area contributed by atoms with Crippen molar-refractivity contribution in [1.82, 2.24) is 14.1 Å². The molecule has 0 aliphatic heterocycles. The van der Waals surface area contributed by atoms with Crippen LogP contribution in [0, 0.1) is 0 Å². The summed E-state index contributed by atoms with van der Waals surface area (Å²) in [6.45, 7) is 0. The molecular weight excluding hydrogens is 442 g/mol. The van der Waals surface area contributed by atoms with Gasteiger partial charge in [-0.15, -0.1) is 0 Å². The highest BCUT2D eigenvalue weighted by Gasteiger charge is 2.23. The lowest BCUT2D eigenvalue weighted by Gasteiger charge is -2.10. The average molecular weight is 466 g/mol. The highest BCUT2D eigenvalue weighted by Crippen LogP contribution is 2.44. The second-order valence-electron chi connectivity index (χ2n) is 8.82. The van der Waals surface area contributed by atoms with Gasteiger partial charge >= 0.3 is 0 Å². The third-order valence-electron chi connectivity index (χ3n) is 6.74. The first-order chi connectivity index (χ1) is 17.8. The zero-order chi connectivity index (χ0) is 24.1. The zero-order valence-corrected chi connectivity index (χ0v) is 19.5. The quantitative estimate of drug-likeness (QED) is 0.284. The number of nitrogen functional groups attached to an aromatic ring is 1. The van der Waals surface area contributed by atoms with Crippen molar-refractivity contribution in [2.24, 2.45) is 0 Å². The first-order valence-electron chi connectivity index (χ1n) is 12.0. The van der Waals surface area contributed by atoms with E-state index in [1.165, 1.54) is 0 Å². The van der Waals surface area contributed by atoms with E-state index >= 15 is 0 Å². The van der Waals surface area contributed by atoms with Gasteiger partial charge in [-0.1, -0.05) is 60.7 Å². The van der Waals surface area contributed by atoms with Gasteiger partial charge in [0.2, 0.25) is 0 Å². The van der Waals surface area contributed by atoms with Crippen molar-refractivity contribution in [1.29, 1.82) is 0 Å². The molecule has 36 heavy (non-hydrogen) atoms. The van der Waals surface area contributed by atoms with Crippen LogP contribution < -0.4 is 11.1 Å². The Kier molecular flexibility index (Phi) is 4.54. The predicted octanol–water partition coefficient (Wildman–Crippen LogP) is 7.45. The van der Waals surface area contributed by atoms with E-state index in [4.69, 9.17) is 5.73 Å². The smallest absolute Gasteiger partial charge is 0.137 e. The molecule has 5 heteroatoms. The summed E-state index contributed by atoms with van der Waals surface area (Å²) < 4.78 is 4.39. The Hall–Kier alpha value is -5.03. The molecule has 0 atom stereocenters. The second kappa shape index (κ2) is 8.03. The van der Waals surface area contributed by atoms with Crippen LogP contribution in [0.3, 0.4) is 0 Å². The van der Waals surface area contributed by atoms with Gasteiger partial charge < -0.3 is 11.1 Å². The zero-order valence-electron chi connectivity index (χ0n) is 19.5. The molecular formula is C31H23N5. The number of nitrogens with two attached hydrogens (primary N) is 1. The molecule has 3 heterocycles. The molecule has 0 aliphatic rings. The molecule has 7 aromatic rings. The lowest BCUT2D eigenvalue weighted by Crippen LogP contribution is -2.02. The summed E-state index contributed by atoms with van der Waals surface area (Å²) in [5.41, 5.74) is 13.1. The predicted molar refractivity (Wildman–Crippen MR) is 150 cm³/mol. The lowest BCUT2D eigenvalue weighted by molar-refractivity contribution is 1.08. The highest BCUT2D eigenvalue weighted by molar-refractivity contribution is 6.24. The number of aromatic nitrogens is 3. The second-order valence-corrected chi connectivity index (χ2v) is 8.82. The number of hydrogen-bond donors (Lipinski definition) is 2. The van der Waals surface area contributed by atoms with Gasteiger partial charge in [-0.2, -0.15) is 0 Å². The number of benzene rings is 4. The molecule has 0 amide bonds. The minimum atomic E-state index is 0.669. The lowest BCUT2D eigenvalue weighted by atomic mass is 10.1. The molecule has 0 spiro atoms. The summed E-state index contributed by atoms with van der Waals surface area (Å²) in [6, 6.07) is 39.3. The van der Waals surface area contributed by atoms with Gasteiger partial charge in [-0.3, -0.25) is 9.13 Å². The molecule has 3 aromatic heterocycles. The van der Waals surface area contributed by atoms with E-state index in [1.54, 1.807) is 0 Å². The van der Waals surface area contributed by atoms with Crippen LogP contribution in [-0.4, -0.2) is 14.1 Å².